The van der Waals surface area contributed by atoms with Crippen molar-refractivity contribution in [3.05, 3.63) is 0 Å². The zero-order valence-corrected chi connectivity index (χ0v) is 47.4. The molecule has 0 saturated heterocycles. The number of rotatable bonds is 45. The van der Waals surface area contributed by atoms with Gasteiger partial charge in [-0.25, -0.2) is 4.57 Å². The first-order chi connectivity index (χ1) is 30.7. The van der Waals surface area contributed by atoms with Gasteiger partial charge in [0.25, 0.3) is 0 Å². The van der Waals surface area contributed by atoms with E-state index < -0.39 is 26.1 Å². The highest BCUT2D eigenvalue weighted by atomic mass is 35.5. The minimum atomic E-state index is -4.38. The molecule has 3 atom stereocenters. The largest absolute Gasteiger partial charge is 1.00 e. The SMILES string of the molecule is CCCCCCCC(=O)NCCC[N+](C)(C)CC(O)COP(=O)(OCC(O)C[N+](C)(C)CCCNC(=O)CCCCCCC)OCC(O)C[N+](C)(C)CCCNC(=O)CCCCCCC.[Cl-].[Cl-].[Cl-]. The summed E-state index contributed by atoms with van der Waals surface area (Å²) in [5.41, 5.74) is 0. The average Bonchev–Trinajstić information content (AvgIpc) is 3.23. The van der Waals surface area contributed by atoms with Crippen molar-refractivity contribution in [2.24, 2.45) is 0 Å². The van der Waals surface area contributed by atoms with E-state index in [1.165, 1.54) is 38.5 Å². The van der Waals surface area contributed by atoms with Gasteiger partial charge in [0.15, 0.2) is 0 Å². The number of amides is 3. The molecule has 0 fully saturated rings. The molecule has 68 heavy (non-hydrogen) atoms. The zero-order chi connectivity index (χ0) is 49.0. The van der Waals surface area contributed by atoms with Crippen molar-refractivity contribution in [1.29, 1.82) is 0 Å². The monoisotopic (exact) mass is 1060 g/mol. The van der Waals surface area contributed by atoms with Crippen molar-refractivity contribution in [2.75, 3.05) is 121 Å². The second-order valence-corrected chi connectivity index (χ2v) is 22.1. The molecular weight excluding hydrogens is 958 g/mol. The highest BCUT2D eigenvalue weighted by molar-refractivity contribution is 7.48. The van der Waals surface area contributed by atoms with Gasteiger partial charge < -0.3 is 81.9 Å². The Morgan fingerprint density at radius 3 is 0.897 bits per heavy atom. The molecule has 20 heteroatoms. The Labute approximate surface area is 433 Å². The third kappa shape index (κ3) is 45.0. The Bertz CT molecular complexity index is 1150. The van der Waals surface area contributed by atoms with Crippen LogP contribution in [0.1, 0.15) is 156 Å². The van der Waals surface area contributed by atoms with E-state index in [2.05, 4.69) is 36.7 Å². The molecule has 410 valence electrons. The molecule has 0 radical (unpaired) electrons. The highest BCUT2D eigenvalue weighted by Crippen LogP contribution is 2.50. The highest BCUT2D eigenvalue weighted by Gasteiger charge is 2.34. The number of carbonyl (C=O) groups excluding carboxylic acids is 3. The topological polar surface area (TPSA) is 193 Å². The van der Waals surface area contributed by atoms with E-state index in [-0.39, 0.29) is 94.4 Å². The van der Waals surface area contributed by atoms with Crippen LogP contribution in [-0.4, -0.2) is 186 Å². The summed E-state index contributed by atoms with van der Waals surface area (Å²) in [5, 5.41) is 42.1. The number of carbonyl (C=O) groups is 3. The van der Waals surface area contributed by atoms with Gasteiger partial charge in [-0.15, -0.1) is 0 Å². The summed E-state index contributed by atoms with van der Waals surface area (Å²) in [6.45, 7) is 9.88. The summed E-state index contributed by atoms with van der Waals surface area (Å²) in [4.78, 5) is 36.7. The van der Waals surface area contributed by atoms with Crippen molar-refractivity contribution < 1.29 is 98.5 Å². The van der Waals surface area contributed by atoms with Gasteiger partial charge in [0, 0.05) is 58.2 Å². The molecule has 0 spiro atoms. The molecule has 0 saturated carbocycles. The van der Waals surface area contributed by atoms with Crippen molar-refractivity contribution in [3.63, 3.8) is 0 Å². The number of nitrogens with one attached hydrogen (secondary N) is 3. The number of unbranched alkanes of at least 4 members (excludes halogenated alkanes) is 12. The van der Waals surface area contributed by atoms with Crippen LogP contribution in [0.3, 0.4) is 0 Å². The van der Waals surface area contributed by atoms with Gasteiger partial charge >= 0.3 is 7.82 Å². The fourth-order valence-electron chi connectivity index (χ4n) is 7.92. The number of likely N-dealkylation sites (N-methyl/N-ethyl adjacent to an activating group) is 3. The maximum absolute atomic E-state index is 14.1. The van der Waals surface area contributed by atoms with Crippen LogP contribution >= 0.6 is 7.82 Å². The summed E-state index contributed by atoms with van der Waals surface area (Å²) in [5.74, 6) is 0.179. The fraction of sp³-hybridized carbons (Fsp3) is 0.938. The van der Waals surface area contributed by atoms with Gasteiger partial charge in [-0.3, -0.25) is 28.0 Å². The number of phosphoric ester groups is 1. The van der Waals surface area contributed by atoms with Gasteiger partial charge in [0.05, 0.1) is 81.7 Å². The maximum Gasteiger partial charge on any atom is 0.475 e. The number of quaternary nitrogens is 3. The van der Waals surface area contributed by atoms with Crippen LogP contribution in [-0.2, 0) is 32.5 Å². The molecule has 0 rings (SSSR count). The van der Waals surface area contributed by atoms with E-state index in [9.17, 15) is 34.3 Å². The molecule has 3 amide bonds. The predicted molar refractivity (Wildman–Crippen MR) is 262 cm³/mol. The molecule has 0 heterocycles. The lowest BCUT2D eigenvalue weighted by Crippen LogP contribution is -3.00. The quantitative estimate of drug-likeness (QED) is 0.0209. The molecule has 16 nitrogen and oxygen atoms in total. The summed E-state index contributed by atoms with van der Waals surface area (Å²) in [7, 11) is 7.40. The maximum atomic E-state index is 14.1. The fourth-order valence-corrected chi connectivity index (χ4v) is 9.21. The van der Waals surface area contributed by atoms with Crippen LogP contribution in [0.5, 0.6) is 0 Å². The molecule has 0 aromatic carbocycles. The Balaban J connectivity index is -0.00000683. The van der Waals surface area contributed by atoms with Gasteiger partial charge in [-0.2, -0.15) is 0 Å². The third-order valence-electron chi connectivity index (χ3n) is 11.7. The molecule has 0 aliphatic carbocycles. The molecule has 0 aliphatic heterocycles. The molecule has 0 bridgehead atoms. The number of hydrogen-bond acceptors (Lipinski definition) is 10. The number of halogens is 3. The smallest absolute Gasteiger partial charge is 0.475 e. The number of aliphatic hydroxyl groups is 3. The van der Waals surface area contributed by atoms with Crippen LogP contribution in [0.4, 0.5) is 0 Å². The summed E-state index contributed by atoms with van der Waals surface area (Å²) in [6.07, 6.45) is 17.1. The Morgan fingerprint density at radius 2 is 0.662 bits per heavy atom. The van der Waals surface area contributed by atoms with Crippen molar-refractivity contribution >= 4 is 25.5 Å². The van der Waals surface area contributed by atoms with E-state index in [0.717, 1.165) is 57.8 Å². The van der Waals surface area contributed by atoms with Crippen molar-refractivity contribution in [3.8, 4) is 0 Å². The first kappa shape index (κ1) is 73.7. The lowest BCUT2D eigenvalue weighted by atomic mass is 10.1. The molecular formula is C48H102Cl3N6O10P. The number of hydrogen-bond donors (Lipinski definition) is 6. The molecule has 3 unspecified atom stereocenters. The Morgan fingerprint density at radius 1 is 0.426 bits per heavy atom. The molecule has 0 aromatic rings. The summed E-state index contributed by atoms with van der Waals surface area (Å²) < 4.78 is 32.5. The van der Waals surface area contributed by atoms with Crippen LogP contribution < -0.4 is 53.2 Å². The number of nitrogens with zero attached hydrogens (tertiary/aromatic N) is 3. The second kappa shape index (κ2) is 43.7. The van der Waals surface area contributed by atoms with Gasteiger partial charge in [0.2, 0.25) is 17.7 Å². The van der Waals surface area contributed by atoms with Crippen LogP contribution in [0.2, 0.25) is 0 Å². The first-order valence-corrected chi connectivity index (χ1v) is 27.0. The Hall–Kier alpha value is -0.850. The second-order valence-electron chi connectivity index (χ2n) is 20.4. The summed E-state index contributed by atoms with van der Waals surface area (Å²) >= 11 is 0. The van der Waals surface area contributed by atoms with E-state index in [1.807, 2.05) is 42.3 Å². The minimum Gasteiger partial charge on any atom is -1.00 e. The molecule has 6 N–H and O–H groups in total. The van der Waals surface area contributed by atoms with Crippen LogP contribution in [0.15, 0.2) is 0 Å². The van der Waals surface area contributed by atoms with Crippen LogP contribution in [0.25, 0.3) is 0 Å². The summed E-state index contributed by atoms with van der Waals surface area (Å²) in [6, 6.07) is 0. The van der Waals surface area contributed by atoms with E-state index in [0.29, 0.717) is 91.2 Å². The normalized spacial score (nSPS) is 14.1. The van der Waals surface area contributed by atoms with Crippen molar-refractivity contribution in [2.45, 2.75) is 174 Å². The minimum absolute atomic E-state index is 0. The standard InChI is InChI=1S/C48H99N6O10P.3ClH/c1-10-13-16-19-22-28-46(58)49-31-25-34-52(4,5)37-43(55)40-62-65(61,63-41-44(56)38-53(6,7)35-26-32-50-47(59)29-23-20-17-14-11-2)64-42-45(57)39-54(8,9)36-27-33-51-48(60)30-24-21-18-15-12-3;;;/h43-45,55-57H,10-42H2,1-9H3;3*1H. The van der Waals surface area contributed by atoms with Crippen LogP contribution in [0, 0.1) is 0 Å². The third-order valence-corrected chi connectivity index (χ3v) is 13.1. The van der Waals surface area contributed by atoms with Gasteiger partial charge in [-0.1, -0.05) is 97.8 Å². The first-order valence-electron chi connectivity index (χ1n) is 25.5. The number of phosphoric acid groups is 1. The molecule has 0 aliphatic rings. The van der Waals surface area contributed by atoms with E-state index >= 15 is 0 Å². The van der Waals surface area contributed by atoms with E-state index in [1.54, 1.807) is 0 Å². The zero-order valence-electron chi connectivity index (χ0n) is 44.2. The van der Waals surface area contributed by atoms with Gasteiger partial charge in [-0.05, 0) is 19.3 Å². The average molecular weight is 1060 g/mol. The van der Waals surface area contributed by atoms with Gasteiger partial charge in [0.1, 0.15) is 37.9 Å². The lowest BCUT2D eigenvalue weighted by molar-refractivity contribution is -0.893. The lowest BCUT2D eigenvalue weighted by Gasteiger charge is -2.33. The van der Waals surface area contributed by atoms with E-state index in [4.69, 9.17) is 13.6 Å². The number of aliphatic hydroxyl groups excluding tert-OH is 3. The van der Waals surface area contributed by atoms with Crippen molar-refractivity contribution in [1.82, 2.24) is 16.0 Å². The Kier molecular flexibility index (Phi) is 47.4. The molecule has 0 aromatic heterocycles. The predicted octanol–water partition coefficient (Wildman–Crippen LogP) is -2.93.